The highest BCUT2D eigenvalue weighted by Crippen LogP contribution is 2.27. The maximum atomic E-state index is 7.92. The van der Waals surface area contributed by atoms with E-state index in [0.29, 0.717) is 6.42 Å². The molecule has 0 fully saturated rings. The van der Waals surface area contributed by atoms with Gasteiger partial charge >= 0.3 is 0 Å². The minimum Gasteiger partial charge on any atom is -0.368 e. The van der Waals surface area contributed by atoms with Gasteiger partial charge in [-0.2, -0.15) is 0 Å². The van der Waals surface area contributed by atoms with Crippen molar-refractivity contribution in [3.8, 4) is 0 Å². The second kappa shape index (κ2) is 7.66. The molecule has 0 aromatic heterocycles. The fourth-order valence-electron chi connectivity index (χ4n) is 1.41. The SMILES string of the molecule is C=C(C)C1CC=C(C)CC1.CCC(O)O. The van der Waals surface area contributed by atoms with Crippen LogP contribution >= 0.6 is 0 Å². The van der Waals surface area contributed by atoms with Crippen LogP contribution in [-0.2, 0) is 0 Å². The molecule has 1 aliphatic rings. The predicted molar refractivity (Wildman–Crippen MR) is 64.4 cm³/mol. The van der Waals surface area contributed by atoms with E-state index in [2.05, 4.69) is 26.5 Å². The first-order valence-corrected chi connectivity index (χ1v) is 5.64. The second-order valence-corrected chi connectivity index (χ2v) is 4.26. The van der Waals surface area contributed by atoms with Gasteiger partial charge in [-0.3, -0.25) is 0 Å². The Morgan fingerprint density at radius 3 is 2.40 bits per heavy atom. The maximum Gasteiger partial charge on any atom is 0.151 e. The van der Waals surface area contributed by atoms with E-state index in [1.54, 1.807) is 12.5 Å². The van der Waals surface area contributed by atoms with Gasteiger partial charge in [-0.1, -0.05) is 30.7 Å². The summed E-state index contributed by atoms with van der Waals surface area (Å²) in [5.41, 5.74) is 2.90. The largest absolute Gasteiger partial charge is 0.368 e. The van der Waals surface area contributed by atoms with Crippen LogP contribution in [0.5, 0.6) is 0 Å². The molecule has 1 rings (SSSR count). The highest BCUT2D eigenvalue weighted by Gasteiger charge is 2.11. The molecule has 0 bridgehead atoms. The van der Waals surface area contributed by atoms with Crippen molar-refractivity contribution in [2.75, 3.05) is 0 Å². The third-order valence-electron chi connectivity index (χ3n) is 2.70. The van der Waals surface area contributed by atoms with Crippen LogP contribution in [0.2, 0.25) is 0 Å². The lowest BCUT2D eigenvalue weighted by Crippen LogP contribution is -2.04. The molecule has 0 heterocycles. The molecule has 1 aliphatic carbocycles. The summed E-state index contributed by atoms with van der Waals surface area (Å²) in [4.78, 5) is 0. The number of hydrogen-bond donors (Lipinski definition) is 2. The highest BCUT2D eigenvalue weighted by molar-refractivity contribution is 5.09. The van der Waals surface area contributed by atoms with E-state index in [1.807, 2.05) is 0 Å². The first-order chi connectivity index (χ1) is 6.97. The molecular weight excluding hydrogens is 188 g/mol. The van der Waals surface area contributed by atoms with Gasteiger partial charge in [0.1, 0.15) is 0 Å². The van der Waals surface area contributed by atoms with Gasteiger partial charge in [-0.15, -0.1) is 0 Å². The van der Waals surface area contributed by atoms with Crippen molar-refractivity contribution in [3.63, 3.8) is 0 Å². The Balaban J connectivity index is 0.000000336. The summed E-state index contributed by atoms with van der Waals surface area (Å²) in [6, 6.07) is 0. The van der Waals surface area contributed by atoms with Gasteiger partial charge in [0.05, 0.1) is 0 Å². The number of aliphatic hydroxyl groups excluding tert-OH is 1. The molecule has 0 amide bonds. The van der Waals surface area contributed by atoms with E-state index in [0.717, 1.165) is 5.92 Å². The Morgan fingerprint density at radius 2 is 2.13 bits per heavy atom. The number of hydrogen-bond acceptors (Lipinski definition) is 2. The van der Waals surface area contributed by atoms with E-state index < -0.39 is 6.29 Å². The van der Waals surface area contributed by atoms with Crippen molar-refractivity contribution in [1.29, 1.82) is 0 Å². The van der Waals surface area contributed by atoms with Gasteiger partial charge in [0, 0.05) is 0 Å². The molecule has 0 saturated carbocycles. The average Bonchev–Trinajstić information content (AvgIpc) is 2.19. The number of rotatable bonds is 2. The van der Waals surface area contributed by atoms with Gasteiger partial charge in [-0.05, 0) is 45.4 Å². The van der Waals surface area contributed by atoms with Crippen molar-refractivity contribution in [2.24, 2.45) is 5.92 Å². The Morgan fingerprint density at radius 1 is 1.60 bits per heavy atom. The smallest absolute Gasteiger partial charge is 0.151 e. The Bertz CT molecular complexity index is 217. The molecule has 15 heavy (non-hydrogen) atoms. The third-order valence-corrected chi connectivity index (χ3v) is 2.70. The zero-order valence-corrected chi connectivity index (χ0v) is 10.2. The maximum absolute atomic E-state index is 7.92. The predicted octanol–water partition coefficient (Wildman–Crippen LogP) is 3.02. The summed E-state index contributed by atoms with van der Waals surface area (Å²) in [6.45, 7) is 10.0. The molecule has 0 radical (unpaired) electrons. The topological polar surface area (TPSA) is 40.5 Å². The standard InChI is InChI=1S/C10H16.C3H8O2/c1-8(2)10-6-4-9(3)5-7-10;1-2-3(4)5/h4,10H,1,5-7H2,2-3H3;3-5H,2H2,1H3. The number of aliphatic hydroxyl groups is 2. The fourth-order valence-corrected chi connectivity index (χ4v) is 1.41. The molecule has 0 aliphatic heterocycles. The average molecular weight is 212 g/mol. The lowest BCUT2D eigenvalue weighted by atomic mass is 9.86. The van der Waals surface area contributed by atoms with E-state index in [-0.39, 0.29) is 0 Å². The van der Waals surface area contributed by atoms with Crippen LogP contribution in [0, 0.1) is 5.92 Å². The van der Waals surface area contributed by atoms with Crippen molar-refractivity contribution < 1.29 is 10.2 Å². The van der Waals surface area contributed by atoms with E-state index >= 15 is 0 Å². The quantitative estimate of drug-likeness (QED) is 0.545. The monoisotopic (exact) mass is 212 g/mol. The van der Waals surface area contributed by atoms with Gasteiger partial charge in [-0.25, -0.2) is 0 Å². The molecule has 2 nitrogen and oxygen atoms in total. The van der Waals surface area contributed by atoms with Gasteiger partial charge in [0.15, 0.2) is 6.29 Å². The summed E-state index contributed by atoms with van der Waals surface area (Å²) in [5.74, 6) is 0.767. The van der Waals surface area contributed by atoms with Crippen LogP contribution in [0.4, 0.5) is 0 Å². The van der Waals surface area contributed by atoms with E-state index in [9.17, 15) is 0 Å². The Labute approximate surface area is 93.3 Å². The molecule has 2 N–H and O–H groups in total. The summed E-state index contributed by atoms with van der Waals surface area (Å²) in [5, 5.41) is 15.8. The summed E-state index contributed by atoms with van der Waals surface area (Å²) in [6.07, 6.45) is 5.47. The second-order valence-electron chi connectivity index (χ2n) is 4.26. The molecule has 0 saturated heterocycles. The zero-order chi connectivity index (χ0) is 11.8. The van der Waals surface area contributed by atoms with Crippen LogP contribution in [0.1, 0.15) is 46.5 Å². The molecule has 88 valence electrons. The molecule has 0 aromatic rings. The Kier molecular flexibility index (Phi) is 7.35. The van der Waals surface area contributed by atoms with Crippen molar-refractivity contribution in [2.45, 2.75) is 52.7 Å². The van der Waals surface area contributed by atoms with E-state index in [4.69, 9.17) is 10.2 Å². The van der Waals surface area contributed by atoms with E-state index in [1.165, 1.54) is 24.8 Å². The van der Waals surface area contributed by atoms with Gasteiger partial charge in [0.25, 0.3) is 0 Å². The van der Waals surface area contributed by atoms with Gasteiger partial charge < -0.3 is 10.2 Å². The van der Waals surface area contributed by atoms with Crippen molar-refractivity contribution >= 4 is 0 Å². The first-order valence-electron chi connectivity index (χ1n) is 5.64. The van der Waals surface area contributed by atoms with Crippen LogP contribution in [0.3, 0.4) is 0 Å². The van der Waals surface area contributed by atoms with Gasteiger partial charge in [0.2, 0.25) is 0 Å². The molecular formula is C13H24O2. The molecule has 0 spiro atoms. The Hall–Kier alpha value is -0.600. The van der Waals surface area contributed by atoms with Crippen LogP contribution < -0.4 is 0 Å². The summed E-state index contributed by atoms with van der Waals surface area (Å²) in [7, 11) is 0. The normalized spacial score (nSPS) is 20.4. The van der Waals surface area contributed by atoms with Crippen molar-refractivity contribution in [1.82, 2.24) is 0 Å². The lowest BCUT2D eigenvalue weighted by molar-refractivity contribution is -0.0413. The van der Waals surface area contributed by atoms with Crippen LogP contribution in [-0.4, -0.2) is 16.5 Å². The summed E-state index contributed by atoms with van der Waals surface area (Å²) >= 11 is 0. The van der Waals surface area contributed by atoms with Crippen molar-refractivity contribution in [3.05, 3.63) is 23.8 Å². The molecule has 2 heteroatoms. The molecule has 1 unspecified atom stereocenters. The zero-order valence-electron chi connectivity index (χ0n) is 10.2. The third kappa shape index (κ3) is 7.34. The highest BCUT2D eigenvalue weighted by atomic mass is 16.5. The van der Waals surface area contributed by atoms with Crippen LogP contribution in [0.15, 0.2) is 23.8 Å². The van der Waals surface area contributed by atoms with Crippen LogP contribution in [0.25, 0.3) is 0 Å². The number of allylic oxidation sites excluding steroid dienone is 3. The lowest BCUT2D eigenvalue weighted by Gasteiger charge is -2.19. The molecule has 1 atom stereocenters. The first kappa shape index (κ1) is 14.4. The minimum atomic E-state index is -1.12. The molecule has 0 aromatic carbocycles. The fraction of sp³-hybridized carbons (Fsp3) is 0.692. The minimum absolute atomic E-state index is 0.417. The summed E-state index contributed by atoms with van der Waals surface area (Å²) < 4.78 is 0.